The van der Waals surface area contributed by atoms with Gasteiger partial charge in [0, 0.05) is 6.08 Å². The van der Waals surface area contributed by atoms with Crippen molar-refractivity contribution < 1.29 is 23.1 Å². The van der Waals surface area contributed by atoms with Gasteiger partial charge in [-0.3, -0.25) is 0 Å². The summed E-state index contributed by atoms with van der Waals surface area (Å²) >= 11 is 14.7. The molecule has 0 bridgehead atoms. The predicted molar refractivity (Wildman–Crippen MR) is 42.1 cm³/mol. The Morgan fingerprint density at radius 1 is 1.23 bits per heavy atom. The largest absolute Gasteiger partial charge is 0.478 e. The van der Waals surface area contributed by atoms with Crippen LogP contribution in [0.5, 0.6) is 0 Å². The van der Waals surface area contributed by atoms with E-state index in [0.29, 0.717) is 0 Å². The molecular weight excluding hydrogens is 255 g/mol. The van der Waals surface area contributed by atoms with Gasteiger partial charge in [-0.1, -0.05) is 34.8 Å². The first-order chi connectivity index (χ1) is 5.55. The Bertz CT molecular complexity index is 224. The van der Waals surface area contributed by atoms with Crippen LogP contribution in [0, 0.1) is 0 Å². The molecule has 0 aromatic carbocycles. The molecule has 13 heavy (non-hydrogen) atoms. The second-order valence-corrected chi connectivity index (χ2v) is 4.17. The van der Waals surface area contributed by atoms with Crippen molar-refractivity contribution in [2.45, 2.75) is 9.97 Å². The Kier molecular flexibility index (Phi) is 3.90. The third kappa shape index (κ3) is 4.59. The number of hydrogen-bond acceptors (Lipinski definition) is 1. The molecule has 0 aliphatic carbocycles. The van der Waals surface area contributed by atoms with Crippen LogP contribution >= 0.6 is 34.8 Å². The van der Waals surface area contributed by atoms with Gasteiger partial charge in [0.25, 0.3) is 0 Å². The molecule has 8 heteroatoms. The van der Waals surface area contributed by atoms with Crippen molar-refractivity contribution in [2.24, 2.45) is 0 Å². The van der Waals surface area contributed by atoms with Crippen LogP contribution in [0.2, 0.25) is 0 Å². The monoisotopic (exact) mass is 256 g/mol. The summed E-state index contributed by atoms with van der Waals surface area (Å²) in [4.78, 5) is 9.95. The van der Waals surface area contributed by atoms with E-state index in [-0.39, 0.29) is 6.08 Å². The number of halogens is 6. The number of carboxylic acids is 1. The highest BCUT2D eigenvalue weighted by Gasteiger charge is 2.46. The summed E-state index contributed by atoms with van der Waals surface area (Å²) in [5.41, 5.74) is -1.74. The summed E-state index contributed by atoms with van der Waals surface area (Å²) < 4.78 is 33.2. The molecule has 0 aliphatic rings. The average molecular weight is 257 g/mol. The number of rotatable bonds is 1. The number of carbonyl (C=O) groups is 1. The van der Waals surface area contributed by atoms with E-state index in [9.17, 15) is 18.0 Å². The van der Waals surface area contributed by atoms with Crippen molar-refractivity contribution in [3.63, 3.8) is 0 Å². The zero-order valence-corrected chi connectivity index (χ0v) is 7.97. The molecule has 0 saturated carbocycles. The number of aliphatic carboxylic acids is 1. The summed E-state index contributed by atoms with van der Waals surface area (Å²) in [6.07, 6.45) is -5.17. The third-order valence-corrected chi connectivity index (χ3v) is 1.49. The molecule has 0 unspecified atom stereocenters. The lowest BCUT2D eigenvalue weighted by molar-refractivity contribution is -0.132. The Balaban J connectivity index is 5.13. The van der Waals surface area contributed by atoms with E-state index >= 15 is 0 Å². The van der Waals surface area contributed by atoms with Gasteiger partial charge in [-0.2, -0.15) is 13.2 Å². The molecule has 0 atom stereocenters. The molecule has 1 N–H and O–H groups in total. The predicted octanol–water partition coefficient (Wildman–Crippen LogP) is 2.93. The van der Waals surface area contributed by atoms with E-state index in [1.54, 1.807) is 0 Å². The molecule has 0 radical (unpaired) electrons. The zero-order valence-electron chi connectivity index (χ0n) is 5.70. The Hall–Kier alpha value is -0.130. The van der Waals surface area contributed by atoms with Gasteiger partial charge >= 0.3 is 12.1 Å². The summed E-state index contributed by atoms with van der Waals surface area (Å²) in [7, 11) is 0. The van der Waals surface area contributed by atoms with E-state index in [0.717, 1.165) is 0 Å². The second kappa shape index (κ2) is 3.94. The maximum atomic E-state index is 12.0. The maximum absolute atomic E-state index is 12.0. The minimum atomic E-state index is -4.98. The van der Waals surface area contributed by atoms with Crippen molar-refractivity contribution in [3.05, 3.63) is 11.6 Å². The lowest BCUT2D eigenvalue weighted by atomic mass is 10.2. The first-order valence-corrected chi connectivity index (χ1v) is 3.77. The van der Waals surface area contributed by atoms with Gasteiger partial charge in [0.1, 0.15) is 0 Å². The van der Waals surface area contributed by atoms with Crippen LogP contribution < -0.4 is 0 Å². The molecule has 2 nitrogen and oxygen atoms in total. The van der Waals surface area contributed by atoms with Crippen molar-refractivity contribution in [1.29, 1.82) is 0 Å². The number of alkyl halides is 6. The first-order valence-electron chi connectivity index (χ1n) is 2.64. The normalized spacial score (nSPS) is 14.5. The Morgan fingerprint density at radius 3 is 1.69 bits per heavy atom. The van der Waals surface area contributed by atoms with Crippen LogP contribution in [-0.4, -0.2) is 21.0 Å². The summed E-state index contributed by atoms with van der Waals surface area (Å²) in [5.74, 6) is -1.83. The molecule has 0 aromatic rings. The van der Waals surface area contributed by atoms with Crippen LogP contribution in [0.15, 0.2) is 11.6 Å². The fourth-order valence-corrected chi connectivity index (χ4v) is 0.933. The molecule has 0 spiro atoms. The fourth-order valence-electron chi connectivity index (χ4n) is 0.448. The maximum Gasteiger partial charge on any atom is 0.417 e. The first kappa shape index (κ1) is 12.9. The summed E-state index contributed by atoms with van der Waals surface area (Å²) in [6.45, 7) is 0. The average Bonchev–Trinajstić information content (AvgIpc) is 1.77. The van der Waals surface area contributed by atoms with E-state index in [4.69, 9.17) is 39.9 Å². The third-order valence-electron chi connectivity index (χ3n) is 0.879. The minimum absolute atomic E-state index is 0.188. The molecule has 0 saturated heterocycles. The van der Waals surface area contributed by atoms with Crippen molar-refractivity contribution in [3.8, 4) is 0 Å². The van der Waals surface area contributed by atoms with E-state index in [1.807, 2.05) is 0 Å². The highest BCUT2D eigenvalue weighted by Crippen LogP contribution is 2.43. The van der Waals surface area contributed by atoms with Crippen molar-refractivity contribution in [1.82, 2.24) is 0 Å². The van der Waals surface area contributed by atoms with E-state index in [1.165, 1.54) is 0 Å². The number of carboxylic acid groups (broad SMARTS) is 1. The zero-order chi connectivity index (χ0) is 10.9. The van der Waals surface area contributed by atoms with Crippen LogP contribution in [-0.2, 0) is 4.79 Å². The van der Waals surface area contributed by atoms with Gasteiger partial charge in [-0.15, -0.1) is 0 Å². The molecule has 0 aliphatic heterocycles. The molecular formula is C5H2Cl3F3O2. The van der Waals surface area contributed by atoms with Gasteiger partial charge in [0.15, 0.2) is 0 Å². The quantitative estimate of drug-likeness (QED) is 0.579. The fraction of sp³-hybridized carbons (Fsp3) is 0.400. The van der Waals surface area contributed by atoms with Crippen LogP contribution in [0.3, 0.4) is 0 Å². The van der Waals surface area contributed by atoms with Crippen LogP contribution in [0.4, 0.5) is 13.2 Å². The Labute approximate surface area is 85.9 Å². The Morgan fingerprint density at radius 2 is 1.62 bits per heavy atom. The minimum Gasteiger partial charge on any atom is -0.478 e. The topological polar surface area (TPSA) is 37.3 Å². The molecule has 0 rings (SSSR count). The summed E-state index contributed by atoms with van der Waals surface area (Å²) in [6, 6.07) is 0. The van der Waals surface area contributed by atoms with E-state index in [2.05, 4.69) is 0 Å². The lowest BCUT2D eigenvalue weighted by Crippen LogP contribution is -2.24. The van der Waals surface area contributed by atoms with Crippen molar-refractivity contribution >= 4 is 40.8 Å². The van der Waals surface area contributed by atoms with Gasteiger partial charge in [-0.25, -0.2) is 4.79 Å². The SMILES string of the molecule is O=C(O)C=C(C(F)(F)F)C(Cl)(Cl)Cl. The molecule has 0 fully saturated rings. The number of hydrogen-bond donors (Lipinski definition) is 1. The van der Waals surface area contributed by atoms with Gasteiger partial charge in [-0.05, 0) is 0 Å². The van der Waals surface area contributed by atoms with Crippen LogP contribution in [0.1, 0.15) is 0 Å². The second-order valence-electron chi connectivity index (χ2n) is 1.89. The molecule has 76 valence electrons. The number of allylic oxidation sites excluding steroid dienone is 1. The molecule has 0 heterocycles. The van der Waals surface area contributed by atoms with E-state index < -0.39 is 21.5 Å². The summed E-state index contributed by atoms with van der Waals surface area (Å²) in [5, 5.41) is 8.06. The standard InChI is InChI=1S/C5H2Cl3F3O2/c6-4(7,8)2(1-3(12)13)5(9,10)11/h1H,(H,12,13). The van der Waals surface area contributed by atoms with Gasteiger partial charge in [0.2, 0.25) is 3.79 Å². The van der Waals surface area contributed by atoms with Crippen LogP contribution in [0.25, 0.3) is 0 Å². The highest BCUT2D eigenvalue weighted by atomic mass is 35.6. The van der Waals surface area contributed by atoms with Gasteiger partial charge in [0.05, 0.1) is 5.57 Å². The molecule has 0 aromatic heterocycles. The lowest BCUT2D eigenvalue weighted by Gasteiger charge is -2.17. The smallest absolute Gasteiger partial charge is 0.417 e. The highest BCUT2D eigenvalue weighted by molar-refractivity contribution is 6.69. The van der Waals surface area contributed by atoms with Gasteiger partial charge < -0.3 is 5.11 Å². The molecule has 0 amide bonds. The van der Waals surface area contributed by atoms with Crippen molar-refractivity contribution in [2.75, 3.05) is 0 Å².